The fourth-order valence-electron chi connectivity index (χ4n) is 2.09. The molecule has 1 heterocycles. The molecule has 8 heteroatoms. The van der Waals surface area contributed by atoms with E-state index < -0.39 is 10.0 Å². The number of amides is 1. The Bertz CT molecular complexity index is 988. The lowest BCUT2D eigenvalue weighted by Crippen LogP contribution is -2.13. The van der Waals surface area contributed by atoms with Gasteiger partial charge in [-0.1, -0.05) is 35.9 Å². The topological polar surface area (TPSA) is 75.3 Å². The maximum Gasteiger partial charge on any atom is 0.271 e. The maximum absolute atomic E-state index is 12.2. The van der Waals surface area contributed by atoms with Crippen LogP contribution in [-0.4, -0.2) is 14.3 Å². The third kappa shape index (κ3) is 4.19. The van der Waals surface area contributed by atoms with Gasteiger partial charge in [0.05, 0.1) is 16.4 Å². The quantitative estimate of drug-likeness (QED) is 0.673. The van der Waals surface area contributed by atoms with Crippen LogP contribution in [0, 0.1) is 0 Å². The summed E-state index contributed by atoms with van der Waals surface area (Å²) in [5.74, 6) is -0.297. The molecule has 2 aromatic carbocycles. The standard InChI is InChI=1S/C17H13ClN2O3S2/c18-14-11-13(20-25(22,23)16-7-4-10-24-16)8-9-15(14)19-17(21)12-5-2-1-3-6-12/h1-11,20H,(H,19,21). The first kappa shape index (κ1) is 17.5. The van der Waals surface area contributed by atoms with Gasteiger partial charge in [0.25, 0.3) is 15.9 Å². The Kier molecular flexibility index (Phi) is 5.08. The van der Waals surface area contributed by atoms with E-state index in [0.29, 0.717) is 16.9 Å². The van der Waals surface area contributed by atoms with Crippen molar-refractivity contribution in [1.82, 2.24) is 0 Å². The van der Waals surface area contributed by atoms with Gasteiger partial charge in [-0.3, -0.25) is 9.52 Å². The van der Waals surface area contributed by atoms with Gasteiger partial charge in [0.15, 0.2) is 0 Å². The number of thiophene rings is 1. The number of hydrogen-bond donors (Lipinski definition) is 2. The van der Waals surface area contributed by atoms with E-state index in [2.05, 4.69) is 10.0 Å². The number of nitrogens with one attached hydrogen (secondary N) is 2. The Morgan fingerprint density at radius 1 is 1.00 bits per heavy atom. The molecule has 25 heavy (non-hydrogen) atoms. The van der Waals surface area contributed by atoms with Crippen molar-refractivity contribution in [3.05, 3.63) is 76.6 Å². The van der Waals surface area contributed by atoms with E-state index in [-0.39, 0.29) is 15.1 Å². The molecule has 0 aliphatic carbocycles. The zero-order valence-electron chi connectivity index (χ0n) is 12.8. The van der Waals surface area contributed by atoms with Gasteiger partial charge in [-0.25, -0.2) is 8.42 Å². The minimum atomic E-state index is -3.64. The Morgan fingerprint density at radius 3 is 2.40 bits per heavy atom. The SMILES string of the molecule is O=C(Nc1ccc(NS(=O)(=O)c2cccs2)cc1Cl)c1ccccc1. The molecule has 0 saturated carbocycles. The number of sulfonamides is 1. The van der Waals surface area contributed by atoms with E-state index in [1.165, 1.54) is 18.2 Å². The van der Waals surface area contributed by atoms with E-state index in [1.807, 2.05) is 6.07 Å². The van der Waals surface area contributed by atoms with Crippen molar-refractivity contribution in [2.75, 3.05) is 10.0 Å². The second-order valence-corrected chi connectivity index (χ2v) is 8.32. The first-order chi connectivity index (χ1) is 12.0. The fourth-order valence-corrected chi connectivity index (χ4v) is 4.36. The Labute approximate surface area is 154 Å². The van der Waals surface area contributed by atoms with Gasteiger partial charge in [0, 0.05) is 5.56 Å². The van der Waals surface area contributed by atoms with Crippen molar-refractivity contribution < 1.29 is 13.2 Å². The van der Waals surface area contributed by atoms with Gasteiger partial charge < -0.3 is 5.32 Å². The van der Waals surface area contributed by atoms with Crippen LogP contribution in [0.25, 0.3) is 0 Å². The van der Waals surface area contributed by atoms with E-state index in [1.54, 1.807) is 41.8 Å². The third-order valence-corrected chi connectivity index (χ3v) is 6.36. The zero-order chi connectivity index (χ0) is 17.9. The number of hydrogen-bond acceptors (Lipinski definition) is 4. The molecule has 0 bridgehead atoms. The van der Waals surface area contributed by atoms with Crippen LogP contribution in [-0.2, 0) is 10.0 Å². The number of carbonyl (C=O) groups is 1. The van der Waals surface area contributed by atoms with Crippen LogP contribution >= 0.6 is 22.9 Å². The third-order valence-electron chi connectivity index (χ3n) is 3.27. The Morgan fingerprint density at radius 2 is 1.76 bits per heavy atom. The van der Waals surface area contributed by atoms with Crippen LogP contribution < -0.4 is 10.0 Å². The maximum atomic E-state index is 12.2. The van der Waals surface area contributed by atoms with Crippen LogP contribution in [0.1, 0.15) is 10.4 Å². The van der Waals surface area contributed by atoms with Gasteiger partial charge >= 0.3 is 0 Å². The van der Waals surface area contributed by atoms with Crippen molar-refractivity contribution >= 4 is 50.2 Å². The summed E-state index contributed by atoms with van der Waals surface area (Å²) in [6.45, 7) is 0. The van der Waals surface area contributed by atoms with Crippen LogP contribution in [0.15, 0.2) is 70.3 Å². The summed E-state index contributed by atoms with van der Waals surface area (Å²) >= 11 is 7.29. The average Bonchev–Trinajstić information content (AvgIpc) is 3.13. The lowest BCUT2D eigenvalue weighted by atomic mass is 10.2. The van der Waals surface area contributed by atoms with Crippen LogP contribution in [0.3, 0.4) is 0 Å². The summed E-state index contributed by atoms with van der Waals surface area (Å²) in [6.07, 6.45) is 0. The number of halogens is 1. The van der Waals surface area contributed by atoms with Gasteiger partial charge in [-0.15, -0.1) is 11.3 Å². The van der Waals surface area contributed by atoms with Gasteiger partial charge in [0.2, 0.25) is 0 Å². The lowest BCUT2D eigenvalue weighted by Gasteiger charge is -2.10. The molecular weight excluding hydrogens is 380 g/mol. The summed E-state index contributed by atoms with van der Waals surface area (Å²) in [5, 5.41) is 4.61. The zero-order valence-corrected chi connectivity index (χ0v) is 15.2. The summed E-state index contributed by atoms with van der Waals surface area (Å²) in [7, 11) is -3.64. The largest absolute Gasteiger partial charge is 0.321 e. The van der Waals surface area contributed by atoms with Gasteiger partial charge in [0.1, 0.15) is 4.21 Å². The monoisotopic (exact) mass is 392 g/mol. The molecule has 0 unspecified atom stereocenters. The molecule has 0 fully saturated rings. The van der Waals surface area contributed by atoms with Gasteiger partial charge in [-0.05, 0) is 41.8 Å². The molecule has 5 nitrogen and oxygen atoms in total. The Hall–Kier alpha value is -2.35. The van der Waals surface area contributed by atoms with Crippen molar-refractivity contribution in [2.45, 2.75) is 4.21 Å². The number of rotatable bonds is 5. The van der Waals surface area contributed by atoms with E-state index in [4.69, 9.17) is 11.6 Å². The second kappa shape index (κ2) is 7.26. The summed E-state index contributed by atoms with van der Waals surface area (Å²) in [6, 6.07) is 16.4. The number of carbonyl (C=O) groups excluding carboxylic acids is 1. The van der Waals surface area contributed by atoms with Crippen molar-refractivity contribution in [3.8, 4) is 0 Å². The molecule has 2 N–H and O–H groups in total. The fraction of sp³-hybridized carbons (Fsp3) is 0. The highest BCUT2D eigenvalue weighted by Gasteiger charge is 2.16. The summed E-state index contributed by atoms with van der Waals surface area (Å²) in [5.41, 5.74) is 1.21. The molecule has 1 aromatic heterocycles. The van der Waals surface area contributed by atoms with Crippen LogP contribution in [0.5, 0.6) is 0 Å². The first-order valence-corrected chi connectivity index (χ1v) is 9.92. The van der Waals surface area contributed by atoms with Crippen LogP contribution in [0.2, 0.25) is 5.02 Å². The predicted octanol–water partition coefficient (Wildman–Crippen LogP) is 4.45. The average molecular weight is 393 g/mol. The van der Waals surface area contributed by atoms with Gasteiger partial charge in [-0.2, -0.15) is 0 Å². The van der Waals surface area contributed by atoms with E-state index in [9.17, 15) is 13.2 Å². The molecule has 3 rings (SSSR count). The summed E-state index contributed by atoms with van der Waals surface area (Å²) < 4.78 is 27.1. The normalized spacial score (nSPS) is 11.1. The molecule has 0 saturated heterocycles. The Balaban J connectivity index is 1.76. The predicted molar refractivity (Wildman–Crippen MR) is 101 cm³/mol. The highest BCUT2D eigenvalue weighted by atomic mass is 35.5. The molecule has 128 valence electrons. The van der Waals surface area contributed by atoms with Crippen LogP contribution in [0.4, 0.5) is 11.4 Å². The minimum Gasteiger partial charge on any atom is -0.321 e. The number of benzene rings is 2. The molecule has 0 spiro atoms. The van der Waals surface area contributed by atoms with Crippen molar-refractivity contribution in [1.29, 1.82) is 0 Å². The lowest BCUT2D eigenvalue weighted by molar-refractivity contribution is 0.102. The molecular formula is C17H13ClN2O3S2. The summed E-state index contributed by atoms with van der Waals surface area (Å²) in [4.78, 5) is 12.2. The molecule has 1 amide bonds. The van der Waals surface area contributed by atoms with Crippen molar-refractivity contribution in [3.63, 3.8) is 0 Å². The molecule has 0 radical (unpaired) electrons. The molecule has 0 atom stereocenters. The highest BCUT2D eigenvalue weighted by molar-refractivity contribution is 7.94. The molecule has 3 aromatic rings. The number of anilines is 2. The minimum absolute atomic E-state index is 0.213. The first-order valence-electron chi connectivity index (χ1n) is 7.18. The second-order valence-electron chi connectivity index (χ2n) is 5.05. The molecule has 0 aliphatic rings. The smallest absolute Gasteiger partial charge is 0.271 e. The molecule has 0 aliphatic heterocycles. The van der Waals surface area contributed by atoms with Crippen molar-refractivity contribution in [2.24, 2.45) is 0 Å². The van der Waals surface area contributed by atoms with E-state index >= 15 is 0 Å². The van der Waals surface area contributed by atoms with E-state index in [0.717, 1.165) is 11.3 Å². The highest BCUT2D eigenvalue weighted by Crippen LogP contribution is 2.28.